The van der Waals surface area contributed by atoms with Crippen molar-refractivity contribution in [2.45, 2.75) is 31.1 Å². The lowest BCUT2D eigenvalue weighted by Gasteiger charge is -2.26. The van der Waals surface area contributed by atoms with Crippen molar-refractivity contribution < 1.29 is 0 Å². The number of fused-ring (bicyclic) bond motifs is 5. The normalized spacial score (nSPS) is 18.1. The lowest BCUT2D eigenvalue weighted by Crippen LogP contribution is -2.20. The van der Waals surface area contributed by atoms with Gasteiger partial charge in [0.05, 0.1) is 11.6 Å². The van der Waals surface area contributed by atoms with Crippen LogP contribution in [-0.4, -0.2) is 0 Å². The van der Waals surface area contributed by atoms with Gasteiger partial charge in [-0.2, -0.15) is 5.26 Å². The van der Waals surface area contributed by atoms with E-state index >= 15 is 0 Å². The molecule has 0 N–H and O–H groups in total. The Morgan fingerprint density at radius 2 is 1.63 bits per heavy atom. The Labute approximate surface area is 113 Å². The van der Waals surface area contributed by atoms with Crippen molar-refractivity contribution in [3.8, 4) is 17.2 Å². The van der Waals surface area contributed by atoms with E-state index in [0.29, 0.717) is 0 Å². The fourth-order valence-electron chi connectivity index (χ4n) is 4.04. The molecule has 0 amide bonds. The third-order valence-corrected chi connectivity index (χ3v) is 4.85. The summed E-state index contributed by atoms with van der Waals surface area (Å²) in [6.07, 6.45) is 5.05. The van der Waals surface area contributed by atoms with Crippen LogP contribution in [0.4, 0.5) is 0 Å². The summed E-state index contributed by atoms with van der Waals surface area (Å²) in [5.41, 5.74) is 6.58. The molecule has 92 valence electrons. The first-order valence-corrected chi connectivity index (χ1v) is 7.00. The molecule has 1 nitrogen and oxygen atoms in total. The Bertz CT molecular complexity index is 700. The predicted octanol–water partition coefficient (Wildman–Crippen LogP) is 4.40. The smallest absolute Gasteiger partial charge is 0.0991 e. The zero-order chi connectivity index (χ0) is 12.9. The number of hydrogen-bond acceptors (Lipinski definition) is 1. The van der Waals surface area contributed by atoms with E-state index in [0.717, 1.165) is 5.56 Å². The van der Waals surface area contributed by atoms with Gasteiger partial charge in [-0.05, 0) is 47.2 Å². The van der Waals surface area contributed by atoms with E-state index in [1.807, 2.05) is 6.07 Å². The van der Waals surface area contributed by atoms with Crippen LogP contribution in [0.15, 0.2) is 42.5 Å². The summed E-state index contributed by atoms with van der Waals surface area (Å²) < 4.78 is 0. The van der Waals surface area contributed by atoms with Crippen molar-refractivity contribution >= 4 is 0 Å². The zero-order valence-electron chi connectivity index (χ0n) is 10.8. The fourth-order valence-corrected chi connectivity index (χ4v) is 4.04. The molecule has 0 bridgehead atoms. The highest BCUT2D eigenvalue weighted by Gasteiger charge is 2.44. The first kappa shape index (κ1) is 10.8. The van der Waals surface area contributed by atoms with Crippen LogP contribution < -0.4 is 0 Å². The maximum Gasteiger partial charge on any atom is 0.0991 e. The molecule has 0 atom stereocenters. The van der Waals surface area contributed by atoms with Gasteiger partial charge in [-0.1, -0.05) is 43.2 Å². The lowest BCUT2D eigenvalue weighted by molar-refractivity contribution is 0.550. The van der Waals surface area contributed by atoms with Gasteiger partial charge in [0.15, 0.2) is 0 Å². The molecule has 2 aromatic rings. The van der Waals surface area contributed by atoms with Gasteiger partial charge in [0.1, 0.15) is 0 Å². The molecule has 1 fully saturated rings. The maximum atomic E-state index is 9.17. The number of hydrogen-bond donors (Lipinski definition) is 0. The molecular weight excluding hydrogens is 230 g/mol. The minimum absolute atomic E-state index is 0.193. The van der Waals surface area contributed by atoms with Crippen LogP contribution >= 0.6 is 0 Å². The van der Waals surface area contributed by atoms with Gasteiger partial charge in [0.2, 0.25) is 0 Å². The Morgan fingerprint density at radius 3 is 2.42 bits per heavy atom. The summed E-state index contributed by atoms with van der Waals surface area (Å²) in [4.78, 5) is 0. The van der Waals surface area contributed by atoms with Crippen molar-refractivity contribution in [3.63, 3.8) is 0 Å². The second-order valence-corrected chi connectivity index (χ2v) is 5.71. The largest absolute Gasteiger partial charge is 0.192 e. The summed E-state index contributed by atoms with van der Waals surface area (Å²) >= 11 is 0. The molecule has 0 unspecified atom stereocenters. The van der Waals surface area contributed by atoms with Crippen molar-refractivity contribution in [1.29, 1.82) is 5.26 Å². The predicted molar refractivity (Wildman–Crippen MR) is 75.8 cm³/mol. The van der Waals surface area contributed by atoms with Gasteiger partial charge in [-0.25, -0.2) is 0 Å². The second kappa shape index (κ2) is 3.71. The highest BCUT2D eigenvalue weighted by Crippen LogP contribution is 2.56. The van der Waals surface area contributed by atoms with Gasteiger partial charge in [-0.3, -0.25) is 0 Å². The molecule has 0 aromatic heterocycles. The van der Waals surface area contributed by atoms with E-state index in [2.05, 4.69) is 42.5 Å². The quantitative estimate of drug-likeness (QED) is 0.675. The van der Waals surface area contributed by atoms with Crippen LogP contribution in [0.2, 0.25) is 0 Å². The van der Waals surface area contributed by atoms with Crippen LogP contribution in [-0.2, 0) is 5.41 Å². The lowest BCUT2D eigenvalue weighted by atomic mass is 9.76. The van der Waals surface area contributed by atoms with Crippen LogP contribution in [0.3, 0.4) is 0 Å². The van der Waals surface area contributed by atoms with E-state index in [1.165, 1.54) is 47.9 Å². The Morgan fingerprint density at radius 1 is 0.895 bits per heavy atom. The van der Waals surface area contributed by atoms with Gasteiger partial charge in [0, 0.05) is 5.41 Å². The molecule has 0 aliphatic heterocycles. The number of nitriles is 1. The molecule has 0 radical (unpaired) electrons. The van der Waals surface area contributed by atoms with Gasteiger partial charge < -0.3 is 0 Å². The maximum absolute atomic E-state index is 9.17. The summed E-state index contributed by atoms with van der Waals surface area (Å²) in [6.45, 7) is 0. The van der Waals surface area contributed by atoms with Crippen LogP contribution in [0, 0.1) is 11.3 Å². The SMILES string of the molecule is N#Cc1ccc2c(c1)C1(CCCC1)c1ccccc1-2. The standard InChI is InChI=1S/C18H15N/c19-12-13-7-8-15-14-5-1-2-6-16(14)18(17(15)11-13)9-3-4-10-18/h1-2,5-8,11H,3-4,9-10H2. The number of benzene rings is 2. The minimum Gasteiger partial charge on any atom is -0.192 e. The summed E-state index contributed by atoms with van der Waals surface area (Å²) in [5, 5.41) is 9.17. The Balaban J connectivity index is 2.06. The topological polar surface area (TPSA) is 23.8 Å². The number of nitrogens with zero attached hydrogens (tertiary/aromatic N) is 1. The summed E-state index contributed by atoms with van der Waals surface area (Å²) in [5.74, 6) is 0. The zero-order valence-corrected chi connectivity index (χ0v) is 10.8. The molecule has 2 aromatic carbocycles. The van der Waals surface area contributed by atoms with Crippen molar-refractivity contribution in [2.24, 2.45) is 0 Å². The van der Waals surface area contributed by atoms with Gasteiger partial charge in [-0.15, -0.1) is 0 Å². The molecule has 1 heteroatoms. The van der Waals surface area contributed by atoms with Crippen molar-refractivity contribution in [1.82, 2.24) is 0 Å². The monoisotopic (exact) mass is 245 g/mol. The molecule has 1 saturated carbocycles. The molecular formula is C18H15N. The average molecular weight is 245 g/mol. The Kier molecular flexibility index (Phi) is 2.11. The molecule has 19 heavy (non-hydrogen) atoms. The van der Waals surface area contributed by atoms with Gasteiger partial charge >= 0.3 is 0 Å². The van der Waals surface area contributed by atoms with E-state index in [9.17, 15) is 0 Å². The molecule has 0 heterocycles. The molecule has 2 aliphatic carbocycles. The third-order valence-electron chi connectivity index (χ3n) is 4.85. The first-order chi connectivity index (χ1) is 9.35. The van der Waals surface area contributed by atoms with Gasteiger partial charge in [0.25, 0.3) is 0 Å². The highest BCUT2D eigenvalue weighted by molar-refractivity contribution is 5.81. The molecule has 0 saturated heterocycles. The highest BCUT2D eigenvalue weighted by atomic mass is 14.5. The molecule has 4 rings (SSSR count). The summed E-state index contributed by atoms with van der Waals surface area (Å²) in [7, 11) is 0. The first-order valence-electron chi connectivity index (χ1n) is 7.00. The van der Waals surface area contributed by atoms with Crippen LogP contribution in [0.25, 0.3) is 11.1 Å². The van der Waals surface area contributed by atoms with E-state index in [1.54, 1.807) is 0 Å². The minimum atomic E-state index is 0.193. The van der Waals surface area contributed by atoms with E-state index in [-0.39, 0.29) is 5.41 Å². The average Bonchev–Trinajstić information content (AvgIpc) is 3.06. The van der Waals surface area contributed by atoms with Crippen LogP contribution in [0.5, 0.6) is 0 Å². The van der Waals surface area contributed by atoms with E-state index < -0.39 is 0 Å². The third kappa shape index (κ3) is 1.29. The van der Waals surface area contributed by atoms with Crippen molar-refractivity contribution in [2.75, 3.05) is 0 Å². The molecule has 1 spiro atoms. The number of rotatable bonds is 0. The van der Waals surface area contributed by atoms with Crippen molar-refractivity contribution in [3.05, 3.63) is 59.2 Å². The Hall–Kier alpha value is -2.07. The molecule has 2 aliphatic rings. The van der Waals surface area contributed by atoms with Crippen LogP contribution in [0.1, 0.15) is 42.4 Å². The van der Waals surface area contributed by atoms with E-state index in [4.69, 9.17) is 5.26 Å². The fraction of sp³-hybridized carbons (Fsp3) is 0.278. The summed E-state index contributed by atoms with van der Waals surface area (Å²) in [6, 6.07) is 17.3. The second-order valence-electron chi connectivity index (χ2n) is 5.71.